The van der Waals surface area contributed by atoms with E-state index >= 15 is 0 Å². The van der Waals surface area contributed by atoms with Gasteiger partial charge in [0.05, 0.1) is 30.5 Å². The van der Waals surface area contributed by atoms with E-state index < -0.39 is 0 Å². The number of benzene rings is 1. The third-order valence-corrected chi connectivity index (χ3v) is 5.68. The lowest BCUT2D eigenvalue weighted by atomic mass is 10.2. The Balaban J connectivity index is 1.35. The zero-order chi connectivity index (χ0) is 23.4. The number of amides is 2. The zero-order valence-electron chi connectivity index (χ0n) is 18.1. The molecule has 0 saturated heterocycles. The van der Waals surface area contributed by atoms with Gasteiger partial charge < -0.3 is 19.0 Å². The average Bonchev–Trinajstić information content (AvgIpc) is 3.49. The molecule has 0 radical (unpaired) electrons. The van der Waals surface area contributed by atoms with Crippen molar-refractivity contribution in [2.45, 2.75) is 26.8 Å². The van der Waals surface area contributed by atoms with Crippen molar-refractivity contribution in [3.05, 3.63) is 65.2 Å². The predicted octanol–water partition coefficient (Wildman–Crippen LogP) is 4.00. The number of hydrogen-bond donors (Lipinski definition) is 2. The van der Waals surface area contributed by atoms with Crippen molar-refractivity contribution in [2.24, 2.45) is 0 Å². The zero-order valence-corrected chi connectivity index (χ0v) is 18.9. The molecule has 2 amide bonds. The van der Waals surface area contributed by atoms with Gasteiger partial charge in [-0.3, -0.25) is 19.7 Å². The first kappa shape index (κ1) is 22.3. The SMILES string of the molecule is CCOC(=O)Cn1ccc2cc(NC(=O)Cc3csc(NC(=O)c4ccoc4C)n3)ccc21. The van der Waals surface area contributed by atoms with Gasteiger partial charge in [0.25, 0.3) is 5.91 Å². The Hall–Kier alpha value is -3.92. The topological polar surface area (TPSA) is 115 Å². The van der Waals surface area contributed by atoms with Crippen molar-refractivity contribution in [3.8, 4) is 0 Å². The second-order valence-electron chi connectivity index (χ2n) is 7.24. The minimum atomic E-state index is -0.310. The van der Waals surface area contributed by atoms with Gasteiger partial charge in [-0.2, -0.15) is 0 Å². The highest BCUT2D eigenvalue weighted by molar-refractivity contribution is 7.14. The number of aryl methyl sites for hydroxylation is 1. The van der Waals surface area contributed by atoms with Gasteiger partial charge in [0.2, 0.25) is 5.91 Å². The van der Waals surface area contributed by atoms with Crippen molar-refractivity contribution in [1.82, 2.24) is 9.55 Å². The van der Waals surface area contributed by atoms with Gasteiger partial charge in [-0.05, 0) is 44.2 Å². The minimum absolute atomic E-state index is 0.0685. The number of ether oxygens (including phenoxy) is 1. The smallest absolute Gasteiger partial charge is 0.325 e. The largest absolute Gasteiger partial charge is 0.469 e. The van der Waals surface area contributed by atoms with Crippen LogP contribution in [-0.4, -0.2) is 33.9 Å². The van der Waals surface area contributed by atoms with Crippen LogP contribution < -0.4 is 10.6 Å². The summed E-state index contributed by atoms with van der Waals surface area (Å²) < 4.78 is 11.9. The Morgan fingerprint density at radius 3 is 2.79 bits per heavy atom. The van der Waals surface area contributed by atoms with Crippen molar-refractivity contribution < 1.29 is 23.5 Å². The first-order valence-electron chi connectivity index (χ1n) is 10.3. The summed E-state index contributed by atoms with van der Waals surface area (Å²) in [4.78, 5) is 40.8. The molecule has 0 aliphatic carbocycles. The summed E-state index contributed by atoms with van der Waals surface area (Å²) in [5.41, 5.74) is 2.50. The molecule has 4 rings (SSSR count). The number of carbonyl (C=O) groups excluding carboxylic acids is 3. The highest BCUT2D eigenvalue weighted by atomic mass is 32.1. The molecular weight excluding hydrogens is 444 g/mol. The molecule has 0 aliphatic rings. The van der Waals surface area contributed by atoms with Crippen LogP contribution in [0.3, 0.4) is 0 Å². The maximum absolute atomic E-state index is 12.5. The van der Waals surface area contributed by atoms with E-state index in [9.17, 15) is 14.4 Å². The Kier molecular flexibility index (Phi) is 6.55. The van der Waals surface area contributed by atoms with Gasteiger partial charge >= 0.3 is 5.97 Å². The molecule has 0 unspecified atom stereocenters. The first-order valence-corrected chi connectivity index (χ1v) is 11.1. The molecule has 0 saturated carbocycles. The van der Waals surface area contributed by atoms with Crippen LogP contribution in [0.5, 0.6) is 0 Å². The number of nitrogens with one attached hydrogen (secondary N) is 2. The van der Waals surface area contributed by atoms with Gasteiger partial charge in [-0.25, -0.2) is 4.98 Å². The monoisotopic (exact) mass is 466 g/mol. The van der Waals surface area contributed by atoms with Crippen molar-refractivity contribution >= 4 is 50.8 Å². The number of esters is 1. The molecular formula is C23H22N4O5S. The molecule has 9 nitrogen and oxygen atoms in total. The third kappa shape index (κ3) is 5.29. The summed E-state index contributed by atoms with van der Waals surface area (Å²) in [5.74, 6) is -0.313. The van der Waals surface area contributed by atoms with E-state index in [0.717, 1.165) is 10.9 Å². The van der Waals surface area contributed by atoms with Gasteiger partial charge in [-0.1, -0.05) is 0 Å². The summed E-state index contributed by atoms with van der Waals surface area (Å²) in [7, 11) is 0. The highest BCUT2D eigenvalue weighted by Gasteiger charge is 2.15. The number of carbonyl (C=O) groups is 3. The quantitative estimate of drug-likeness (QED) is 0.379. The number of nitrogens with zero attached hydrogens (tertiary/aromatic N) is 2. The van der Waals surface area contributed by atoms with E-state index in [1.54, 1.807) is 35.9 Å². The Morgan fingerprint density at radius 2 is 2.03 bits per heavy atom. The Bertz CT molecular complexity index is 1320. The molecule has 2 N–H and O–H groups in total. The summed E-state index contributed by atoms with van der Waals surface area (Å²) in [6.45, 7) is 3.95. The Labute approximate surface area is 193 Å². The minimum Gasteiger partial charge on any atom is -0.469 e. The lowest BCUT2D eigenvalue weighted by Gasteiger charge is -2.07. The van der Waals surface area contributed by atoms with E-state index in [2.05, 4.69) is 15.6 Å². The number of thiazole rings is 1. The van der Waals surface area contributed by atoms with Crippen molar-refractivity contribution in [2.75, 3.05) is 17.2 Å². The van der Waals surface area contributed by atoms with E-state index in [1.807, 2.05) is 24.4 Å². The number of rotatable bonds is 8. The molecule has 10 heteroatoms. The van der Waals surface area contributed by atoms with Gasteiger partial charge in [-0.15, -0.1) is 11.3 Å². The molecule has 0 spiro atoms. The fourth-order valence-electron chi connectivity index (χ4n) is 3.36. The van der Waals surface area contributed by atoms with Crippen molar-refractivity contribution in [3.63, 3.8) is 0 Å². The fourth-order valence-corrected chi connectivity index (χ4v) is 4.07. The fraction of sp³-hybridized carbons (Fsp3) is 0.217. The molecule has 4 aromatic rings. The highest BCUT2D eigenvalue weighted by Crippen LogP contribution is 2.22. The van der Waals surface area contributed by atoms with Crippen molar-refractivity contribution in [1.29, 1.82) is 0 Å². The number of hydrogen-bond acceptors (Lipinski definition) is 7. The maximum atomic E-state index is 12.5. The van der Waals surface area contributed by atoms with E-state index in [4.69, 9.17) is 9.15 Å². The molecule has 170 valence electrons. The molecule has 33 heavy (non-hydrogen) atoms. The van der Waals surface area contributed by atoms with Crippen LogP contribution in [0.15, 0.2) is 52.6 Å². The van der Waals surface area contributed by atoms with Gasteiger partial charge in [0.1, 0.15) is 12.3 Å². The number of anilines is 2. The van der Waals surface area contributed by atoms with Crippen LogP contribution in [0.1, 0.15) is 28.7 Å². The van der Waals surface area contributed by atoms with Crippen LogP contribution in [0.25, 0.3) is 10.9 Å². The number of furan rings is 1. The molecule has 0 atom stereocenters. The normalized spacial score (nSPS) is 10.8. The first-order chi connectivity index (χ1) is 15.9. The molecule has 1 aromatic carbocycles. The lowest BCUT2D eigenvalue weighted by Crippen LogP contribution is -2.15. The van der Waals surface area contributed by atoms with E-state index in [1.165, 1.54) is 17.6 Å². The number of aromatic nitrogens is 2. The van der Waals surface area contributed by atoms with Crippen LogP contribution >= 0.6 is 11.3 Å². The average molecular weight is 467 g/mol. The predicted molar refractivity (Wildman–Crippen MR) is 124 cm³/mol. The molecule has 0 aliphatic heterocycles. The summed E-state index contributed by atoms with van der Waals surface area (Å²) in [6.07, 6.45) is 3.33. The molecule has 0 bridgehead atoms. The molecule has 0 fully saturated rings. The van der Waals surface area contributed by atoms with Crippen LogP contribution in [-0.2, 0) is 27.3 Å². The van der Waals surface area contributed by atoms with E-state index in [0.29, 0.717) is 34.4 Å². The van der Waals surface area contributed by atoms with Crippen LogP contribution in [0, 0.1) is 6.92 Å². The summed E-state index contributed by atoms with van der Waals surface area (Å²) in [5, 5.41) is 8.61. The summed E-state index contributed by atoms with van der Waals surface area (Å²) >= 11 is 1.25. The lowest BCUT2D eigenvalue weighted by molar-refractivity contribution is -0.143. The third-order valence-electron chi connectivity index (χ3n) is 4.88. The second kappa shape index (κ2) is 9.70. The summed E-state index contributed by atoms with van der Waals surface area (Å²) in [6, 6.07) is 8.94. The Morgan fingerprint density at radius 1 is 1.18 bits per heavy atom. The van der Waals surface area contributed by atoms with Crippen LogP contribution in [0.2, 0.25) is 0 Å². The molecule has 3 heterocycles. The van der Waals surface area contributed by atoms with E-state index in [-0.39, 0.29) is 30.7 Å². The maximum Gasteiger partial charge on any atom is 0.325 e. The standard InChI is InChI=1S/C23H22N4O5S/c1-3-31-21(29)12-27-8-6-15-10-16(4-5-19(15)27)24-20(28)11-17-13-33-23(25-17)26-22(30)18-7-9-32-14(18)2/h4-10,13H,3,11-12H2,1-2H3,(H,24,28)(H,25,26,30). The van der Waals surface area contributed by atoms with Gasteiger partial charge in [0.15, 0.2) is 5.13 Å². The molecule has 3 aromatic heterocycles. The second-order valence-corrected chi connectivity index (χ2v) is 8.09. The van der Waals surface area contributed by atoms with Crippen LogP contribution in [0.4, 0.5) is 10.8 Å². The number of fused-ring (bicyclic) bond motifs is 1. The van der Waals surface area contributed by atoms with Gasteiger partial charge in [0, 0.05) is 28.2 Å².